The molecule has 0 bridgehead atoms. The molecule has 0 radical (unpaired) electrons. The van der Waals surface area contributed by atoms with E-state index in [0.717, 1.165) is 114 Å². The Morgan fingerprint density at radius 2 is 0.495 bits per heavy atom. The molecule has 2 unspecified atom stereocenters. The van der Waals surface area contributed by atoms with Crippen LogP contribution in [0, 0.1) is 17.8 Å². The number of phosphoric ester groups is 2. The molecule has 0 amide bonds. The Labute approximate surface area is 568 Å². The SMILES string of the molecule is CCCCCCCC(=O)OC[C@H](COP(=O)(O)OC[C@H](O)COP(=O)(O)OC[C@@H](COC(=O)CCCCCCCCCCCCCCCC(C)C)OC(=O)CCCCCCCCCCCCCCCCCCCCC(C)C)OC(=O)CCCCCCCCCCC(C)C. The smallest absolute Gasteiger partial charge is 0.462 e. The van der Waals surface area contributed by atoms with Crippen molar-refractivity contribution in [1.82, 2.24) is 0 Å². The Kier molecular flexibility index (Phi) is 63.4. The van der Waals surface area contributed by atoms with Crippen LogP contribution in [0.2, 0.25) is 0 Å². The topological polar surface area (TPSA) is 237 Å². The summed E-state index contributed by atoms with van der Waals surface area (Å²) < 4.78 is 68.2. The van der Waals surface area contributed by atoms with Gasteiger partial charge < -0.3 is 33.8 Å². The number of aliphatic hydroxyl groups is 1. The summed E-state index contributed by atoms with van der Waals surface area (Å²) in [4.78, 5) is 72.4. The van der Waals surface area contributed by atoms with E-state index < -0.39 is 97.5 Å². The summed E-state index contributed by atoms with van der Waals surface area (Å²) in [6.45, 7) is 11.8. The van der Waals surface area contributed by atoms with Crippen molar-refractivity contribution in [3.63, 3.8) is 0 Å². The van der Waals surface area contributed by atoms with Crippen molar-refractivity contribution in [2.45, 2.75) is 394 Å². The van der Waals surface area contributed by atoms with Crippen LogP contribution in [0.5, 0.6) is 0 Å². The number of rotatable bonds is 72. The monoisotopic (exact) mass is 1370 g/mol. The zero-order valence-electron chi connectivity index (χ0n) is 60.7. The predicted molar refractivity (Wildman–Crippen MR) is 377 cm³/mol. The Hall–Kier alpha value is -1.94. The van der Waals surface area contributed by atoms with Gasteiger partial charge in [-0.1, -0.05) is 325 Å². The van der Waals surface area contributed by atoms with E-state index in [0.29, 0.717) is 25.7 Å². The van der Waals surface area contributed by atoms with Crippen molar-refractivity contribution in [1.29, 1.82) is 0 Å². The Bertz CT molecular complexity index is 1820. The number of esters is 4. The molecule has 0 fully saturated rings. The van der Waals surface area contributed by atoms with E-state index in [1.54, 1.807) is 0 Å². The molecule has 0 saturated carbocycles. The third kappa shape index (κ3) is 68.4. The predicted octanol–water partition coefficient (Wildman–Crippen LogP) is 21.4. The van der Waals surface area contributed by atoms with Crippen LogP contribution >= 0.6 is 15.6 Å². The maximum absolute atomic E-state index is 13.1. The maximum atomic E-state index is 13.1. The highest BCUT2D eigenvalue weighted by molar-refractivity contribution is 7.47. The molecule has 17 nitrogen and oxygen atoms in total. The zero-order valence-corrected chi connectivity index (χ0v) is 62.5. The van der Waals surface area contributed by atoms with Gasteiger partial charge in [-0.05, 0) is 43.4 Å². The third-order valence-electron chi connectivity index (χ3n) is 17.1. The number of ether oxygens (including phenoxy) is 4. The van der Waals surface area contributed by atoms with Crippen LogP contribution in [-0.2, 0) is 65.4 Å². The lowest BCUT2D eigenvalue weighted by molar-refractivity contribution is -0.161. The fourth-order valence-corrected chi connectivity index (χ4v) is 12.8. The molecule has 0 spiro atoms. The fourth-order valence-electron chi connectivity index (χ4n) is 11.2. The molecule has 0 aromatic heterocycles. The molecule has 552 valence electrons. The van der Waals surface area contributed by atoms with Crippen LogP contribution in [0.3, 0.4) is 0 Å². The second-order valence-electron chi connectivity index (χ2n) is 28.1. The molecule has 93 heavy (non-hydrogen) atoms. The Morgan fingerprint density at radius 3 is 0.731 bits per heavy atom. The summed E-state index contributed by atoms with van der Waals surface area (Å²) in [5.41, 5.74) is 0. The van der Waals surface area contributed by atoms with Crippen molar-refractivity contribution in [2.24, 2.45) is 17.8 Å². The van der Waals surface area contributed by atoms with E-state index in [9.17, 15) is 43.2 Å². The van der Waals surface area contributed by atoms with Gasteiger partial charge in [-0.15, -0.1) is 0 Å². The van der Waals surface area contributed by atoms with Gasteiger partial charge in [0.15, 0.2) is 12.2 Å². The van der Waals surface area contributed by atoms with Gasteiger partial charge in [0, 0.05) is 25.7 Å². The highest BCUT2D eigenvalue weighted by Gasteiger charge is 2.30. The van der Waals surface area contributed by atoms with E-state index in [1.807, 2.05) is 0 Å². The number of phosphoric acid groups is 2. The lowest BCUT2D eigenvalue weighted by Gasteiger charge is -2.21. The quantitative estimate of drug-likeness (QED) is 0.0222. The summed E-state index contributed by atoms with van der Waals surface area (Å²) in [6, 6.07) is 0. The van der Waals surface area contributed by atoms with Crippen molar-refractivity contribution in [3.8, 4) is 0 Å². The summed E-state index contributed by atoms with van der Waals surface area (Å²) in [7, 11) is -9.90. The van der Waals surface area contributed by atoms with Crippen LogP contribution in [0.1, 0.15) is 376 Å². The van der Waals surface area contributed by atoms with Gasteiger partial charge in [0.25, 0.3) is 0 Å². The van der Waals surface area contributed by atoms with Crippen LogP contribution in [-0.4, -0.2) is 96.7 Å². The number of carbonyl (C=O) groups is 4. The Morgan fingerprint density at radius 1 is 0.290 bits per heavy atom. The molecule has 0 aliphatic rings. The number of carbonyl (C=O) groups excluding carboxylic acids is 4. The molecule has 19 heteroatoms. The van der Waals surface area contributed by atoms with Gasteiger partial charge >= 0.3 is 39.5 Å². The van der Waals surface area contributed by atoms with E-state index in [1.165, 1.54) is 180 Å². The maximum Gasteiger partial charge on any atom is 0.472 e. The summed E-state index contributed by atoms with van der Waals surface area (Å²) >= 11 is 0. The fraction of sp³-hybridized carbons (Fsp3) is 0.946. The lowest BCUT2D eigenvalue weighted by Crippen LogP contribution is -2.30. The van der Waals surface area contributed by atoms with Crippen molar-refractivity contribution < 1.29 is 80.2 Å². The molecule has 0 aromatic carbocycles. The van der Waals surface area contributed by atoms with Crippen molar-refractivity contribution >= 4 is 39.5 Å². The molecule has 5 atom stereocenters. The van der Waals surface area contributed by atoms with E-state index in [2.05, 4.69) is 48.5 Å². The normalized spacial score (nSPS) is 14.1. The Balaban J connectivity index is 5.13. The van der Waals surface area contributed by atoms with Gasteiger partial charge in [0.2, 0.25) is 0 Å². The number of unbranched alkanes of at least 4 members (excludes halogenated alkanes) is 40. The number of hydrogen-bond acceptors (Lipinski definition) is 15. The lowest BCUT2D eigenvalue weighted by atomic mass is 10.0. The summed E-state index contributed by atoms with van der Waals surface area (Å²) in [6.07, 6.45) is 50.5. The largest absolute Gasteiger partial charge is 0.472 e. The van der Waals surface area contributed by atoms with Gasteiger partial charge in [-0.3, -0.25) is 37.3 Å². The first kappa shape index (κ1) is 91.1. The average Bonchev–Trinajstić information content (AvgIpc) is 3.73. The molecule has 0 aliphatic carbocycles. The average molecular weight is 1370 g/mol. The molecule has 0 saturated heterocycles. The summed E-state index contributed by atoms with van der Waals surface area (Å²) in [5, 5.41) is 10.6. The first-order valence-corrected chi connectivity index (χ1v) is 41.3. The minimum atomic E-state index is -4.95. The third-order valence-corrected chi connectivity index (χ3v) is 19.0. The highest BCUT2D eigenvalue weighted by Crippen LogP contribution is 2.45. The van der Waals surface area contributed by atoms with Crippen LogP contribution < -0.4 is 0 Å². The van der Waals surface area contributed by atoms with Crippen molar-refractivity contribution in [3.05, 3.63) is 0 Å². The van der Waals surface area contributed by atoms with Crippen LogP contribution in [0.25, 0.3) is 0 Å². The standard InChI is InChI=1S/C74H144O17P2/c1-8-9-10-38-48-55-71(76)84-61-69(90-74(79)58-51-44-37-31-30-34-41-47-54-67(6)7)63-88-92(80,81)86-59-68(75)60-87-93(82,83)89-64-70(62-85-72(77)56-49-42-35-28-24-21-17-19-23-27-33-40-46-53-66(4)5)91-73(78)57-50-43-36-29-25-20-16-14-12-11-13-15-18-22-26-32-39-45-52-65(2)3/h65-70,75H,8-64H2,1-7H3,(H,80,81)(H,82,83)/t68-,69+,70+/m0/s1. The van der Waals surface area contributed by atoms with Gasteiger partial charge in [-0.25, -0.2) is 9.13 Å². The molecule has 0 rings (SSSR count). The first-order valence-electron chi connectivity index (χ1n) is 38.3. The highest BCUT2D eigenvalue weighted by atomic mass is 31.2. The van der Waals surface area contributed by atoms with Crippen molar-refractivity contribution in [2.75, 3.05) is 39.6 Å². The van der Waals surface area contributed by atoms with Gasteiger partial charge in [0.1, 0.15) is 19.3 Å². The number of hydrogen-bond donors (Lipinski definition) is 3. The molecular formula is C74H144O17P2. The zero-order chi connectivity index (χ0) is 68.7. The first-order chi connectivity index (χ1) is 44.7. The van der Waals surface area contributed by atoms with Gasteiger partial charge in [0.05, 0.1) is 26.4 Å². The van der Waals surface area contributed by atoms with E-state index in [-0.39, 0.29) is 25.7 Å². The minimum absolute atomic E-state index is 0.103. The second kappa shape index (κ2) is 64.7. The number of aliphatic hydroxyl groups excluding tert-OH is 1. The molecule has 0 aliphatic heterocycles. The van der Waals surface area contributed by atoms with Crippen LogP contribution in [0.4, 0.5) is 0 Å². The minimum Gasteiger partial charge on any atom is -0.462 e. The van der Waals surface area contributed by atoms with E-state index >= 15 is 0 Å². The molecule has 0 aromatic rings. The molecular weight excluding hydrogens is 1220 g/mol. The second-order valence-corrected chi connectivity index (χ2v) is 31.0. The van der Waals surface area contributed by atoms with Crippen LogP contribution in [0.15, 0.2) is 0 Å². The van der Waals surface area contributed by atoms with Gasteiger partial charge in [-0.2, -0.15) is 0 Å². The van der Waals surface area contributed by atoms with E-state index in [4.69, 9.17) is 37.0 Å². The molecule has 3 N–H and O–H groups in total. The summed E-state index contributed by atoms with van der Waals surface area (Å²) in [5.74, 6) is 0.196. The molecule has 0 heterocycles.